The maximum Gasteiger partial charge on any atom is 0.239 e. The molecule has 1 aromatic carbocycles. The van der Waals surface area contributed by atoms with Crippen LogP contribution < -0.4 is 5.32 Å². The number of hydrogen-bond donors (Lipinski definition) is 1. The van der Waals surface area contributed by atoms with Gasteiger partial charge in [0.15, 0.2) is 0 Å². The molecule has 5 heteroatoms. The van der Waals surface area contributed by atoms with Crippen LogP contribution in [0.1, 0.15) is 62.6 Å². The Morgan fingerprint density at radius 1 is 1.11 bits per heavy atom. The second-order valence-corrected chi connectivity index (χ2v) is 8.33. The van der Waals surface area contributed by atoms with Gasteiger partial charge in [0.1, 0.15) is 0 Å². The van der Waals surface area contributed by atoms with Crippen LogP contribution in [-0.4, -0.2) is 53.8 Å². The number of rotatable bonds is 7. The Labute approximate surface area is 170 Å². The van der Waals surface area contributed by atoms with Crippen LogP contribution in [0, 0.1) is 20.8 Å². The first-order chi connectivity index (χ1) is 13.2. The molecule has 0 heterocycles. The van der Waals surface area contributed by atoms with Crippen LogP contribution in [0.5, 0.6) is 0 Å². The maximum absolute atomic E-state index is 13.1. The fourth-order valence-electron chi connectivity index (χ4n) is 4.33. The molecule has 1 atom stereocenters. The Hall–Kier alpha value is -1.88. The molecular weight excluding hydrogens is 350 g/mol. The van der Waals surface area contributed by atoms with Gasteiger partial charge in [-0.15, -0.1) is 0 Å². The molecule has 1 aromatic rings. The number of likely N-dealkylation sites (N-methyl/N-ethyl adjacent to an activating group) is 2. The Morgan fingerprint density at radius 3 is 2.21 bits per heavy atom. The van der Waals surface area contributed by atoms with E-state index in [-0.39, 0.29) is 24.4 Å². The third-order valence-electron chi connectivity index (χ3n) is 5.99. The summed E-state index contributed by atoms with van der Waals surface area (Å²) in [4.78, 5) is 29.5. The fraction of sp³-hybridized carbons (Fsp3) is 0.652. The lowest BCUT2D eigenvalue weighted by molar-refractivity contribution is -0.139. The number of amides is 2. The monoisotopic (exact) mass is 387 g/mol. The molecule has 28 heavy (non-hydrogen) atoms. The highest BCUT2D eigenvalue weighted by atomic mass is 16.2. The van der Waals surface area contributed by atoms with Crippen molar-refractivity contribution in [1.29, 1.82) is 0 Å². The van der Waals surface area contributed by atoms with Crippen molar-refractivity contribution in [3.63, 3.8) is 0 Å². The average Bonchev–Trinajstić information content (AvgIpc) is 2.65. The number of aryl methyl sites for hydroxylation is 3. The summed E-state index contributed by atoms with van der Waals surface area (Å²) < 4.78 is 0. The zero-order valence-electron chi connectivity index (χ0n) is 18.5. The molecule has 1 aliphatic carbocycles. The molecule has 0 unspecified atom stereocenters. The van der Waals surface area contributed by atoms with Crippen LogP contribution in [0.2, 0.25) is 0 Å². The molecular formula is C23H37N3O2. The quantitative estimate of drug-likeness (QED) is 0.768. The van der Waals surface area contributed by atoms with Gasteiger partial charge in [0.05, 0.1) is 12.6 Å². The summed E-state index contributed by atoms with van der Waals surface area (Å²) >= 11 is 0. The first-order valence-electron chi connectivity index (χ1n) is 10.6. The summed E-state index contributed by atoms with van der Waals surface area (Å²) in [6, 6.07) is 4.19. The first kappa shape index (κ1) is 22.4. The third kappa shape index (κ3) is 5.57. The summed E-state index contributed by atoms with van der Waals surface area (Å²) in [6.45, 7) is 11.0. The maximum atomic E-state index is 13.1. The van der Waals surface area contributed by atoms with Crippen molar-refractivity contribution in [1.82, 2.24) is 9.80 Å². The van der Waals surface area contributed by atoms with Gasteiger partial charge in [-0.1, -0.05) is 37.0 Å². The Kier molecular flexibility index (Phi) is 8.05. The minimum absolute atomic E-state index is 0.0853. The second-order valence-electron chi connectivity index (χ2n) is 8.33. The van der Waals surface area contributed by atoms with Crippen LogP contribution in [0.4, 0.5) is 5.69 Å². The highest BCUT2D eigenvalue weighted by Gasteiger charge is 2.29. The molecule has 0 spiro atoms. The van der Waals surface area contributed by atoms with E-state index >= 15 is 0 Å². The molecule has 156 valence electrons. The van der Waals surface area contributed by atoms with E-state index in [1.807, 2.05) is 37.6 Å². The number of benzene rings is 1. The molecule has 0 radical (unpaired) electrons. The van der Waals surface area contributed by atoms with E-state index in [1.54, 1.807) is 0 Å². The van der Waals surface area contributed by atoms with Crippen LogP contribution in [0.15, 0.2) is 12.1 Å². The van der Waals surface area contributed by atoms with Gasteiger partial charge in [0.25, 0.3) is 0 Å². The molecule has 1 fully saturated rings. The van der Waals surface area contributed by atoms with E-state index in [0.717, 1.165) is 36.2 Å². The summed E-state index contributed by atoms with van der Waals surface area (Å²) in [5.74, 6) is 0.0466. The van der Waals surface area contributed by atoms with Gasteiger partial charge in [-0.25, -0.2) is 0 Å². The van der Waals surface area contributed by atoms with Gasteiger partial charge in [0.2, 0.25) is 11.8 Å². The fourth-order valence-corrected chi connectivity index (χ4v) is 4.33. The third-order valence-corrected chi connectivity index (χ3v) is 5.99. The van der Waals surface area contributed by atoms with Crippen molar-refractivity contribution in [2.45, 2.75) is 78.8 Å². The van der Waals surface area contributed by atoms with Gasteiger partial charge in [-0.3, -0.25) is 14.5 Å². The molecule has 0 aromatic heterocycles. The lowest BCUT2D eigenvalue weighted by Crippen LogP contribution is -2.51. The van der Waals surface area contributed by atoms with E-state index in [2.05, 4.69) is 31.3 Å². The minimum Gasteiger partial charge on any atom is -0.339 e. The summed E-state index contributed by atoms with van der Waals surface area (Å²) in [7, 11) is 1.85. The van der Waals surface area contributed by atoms with Gasteiger partial charge in [-0.2, -0.15) is 0 Å². The first-order valence-corrected chi connectivity index (χ1v) is 10.6. The van der Waals surface area contributed by atoms with Crippen LogP contribution in [0.25, 0.3) is 0 Å². The largest absolute Gasteiger partial charge is 0.339 e. The lowest BCUT2D eigenvalue weighted by atomic mass is 9.93. The standard InChI is InChI=1S/C23H37N3O2/c1-7-26(20-11-9-8-10-12-20)23(28)19(5)25(6)15-21(27)24-22-17(3)13-16(2)14-18(22)4/h13-14,19-20H,7-12,15H2,1-6H3,(H,24,27)/t19-/m1/s1. The van der Waals surface area contributed by atoms with Crippen LogP contribution in [-0.2, 0) is 9.59 Å². The van der Waals surface area contributed by atoms with Gasteiger partial charge in [-0.05, 0) is 65.6 Å². The van der Waals surface area contributed by atoms with E-state index in [0.29, 0.717) is 6.04 Å². The Balaban J connectivity index is 1.97. The Morgan fingerprint density at radius 2 is 1.68 bits per heavy atom. The molecule has 1 N–H and O–H groups in total. The zero-order valence-corrected chi connectivity index (χ0v) is 18.5. The number of carbonyl (C=O) groups is 2. The van der Waals surface area contributed by atoms with Crippen LogP contribution >= 0.6 is 0 Å². The van der Waals surface area contributed by atoms with Crippen molar-refractivity contribution >= 4 is 17.5 Å². The van der Waals surface area contributed by atoms with E-state index < -0.39 is 0 Å². The van der Waals surface area contributed by atoms with Gasteiger partial charge >= 0.3 is 0 Å². The minimum atomic E-state index is -0.312. The summed E-state index contributed by atoms with van der Waals surface area (Å²) in [5, 5.41) is 3.03. The zero-order chi connectivity index (χ0) is 20.8. The molecule has 5 nitrogen and oxygen atoms in total. The average molecular weight is 388 g/mol. The number of nitrogens with one attached hydrogen (secondary N) is 1. The molecule has 0 aliphatic heterocycles. The molecule has 2 amide bonds. The van der Waals surface area contributed by atoms with Crippen molar-refractivity contribution in [3.8, 4) is 0 Å². The van der Waals surface area contributed by atoms with E-state index in [9.17, 15) is 9.59 Å². The number of hydrogen-bond acceptors (Lipinski definition) is 3. The summed E-state index contributed by atoms with van der Waals surface area (Å²) in [6.07, 6.45) is 5.88. The van der Waals surface area contributed by atoms with Gasteiger partial charge in [0, 0.05) is 18.3 Å². The van der Waals surface area contributed by atoms with Crippen molar-refractivity contribution in [3.05, 3.63) is 28.8 Å². The van der Waals surface area contributed by atoms with Gasteiger partial charge < -0.3 is 10.2 Å². The van der Waals surface area contributed by atoms with Crippen molar-refractivity contribution in [2.24, 2.45) is 0 Å². The number of nitrogens with zero attached hydrogens (tertiary/aromatic N) is 2. The van der Waals surface area contributed by atoms with Crippen molar-refractivity contribution < 1.29 is 9.59 Å². The Bertz CT molecular complexity index is 672. The molecule has 2 rings (SSSR count). The number of anilines is 1. The molecule has 0 saturated heterocycles. The van der Waals surface area contributed by atoms with E-state index in [4.69, 9.17) is 0 Å². The molecule has 0 bridgehead atoms. The SMILES string of the molecule is CCN(C(=O)[C@@H](C)N(C)CC(=O)Nc1c(C)cc(C)cc1C)C1CCCCC1. The summed E-state index contributed by atoms with van der Waals surface area (Å²) in [5.41, 5.74) is 4.19. The highest BCUT2D eigenvalue weighted by molar-refractivity contribution is 5.94. The second kappa shape index (κ2) is 10.1. The predicted molar refractivity (Wildman–Crippen MR) is 116 cm³/mol. The van der Waals surface area contributed by atoms with Crippen LogP contribution in [0.3, 0.4) is 0 Å². The normalized spacial score (nSPS) is 16.1. The molecule has 1 saturated carbocycles. The number of carbonyl (C=O) groups excluding carboxylic acids is 2. The molecule has 1 aliphatic rings. The predicted octanol–water partition coefficient (Wildman–Crippen LogP) is 4.05. The van der Waals surface area contributed by atoms with Crippen molar-refractivity contribution in [2.75, 3.05) is 25.5 Å². The smallest absolute Gasteiger partial charge is 0.239 e. The van der Waals surface area contributed by atoms with E-state index in [1.165, 1.54) is 24.8 Å². The lowest BCUT2D eigenvalue weighted by Gasteiger charge is -2.37. The highest BCUT2D eigenvalue weighted by Crippen LogP contribution is 2.24. The topological polar surface area (TPSA) is 52.7 Å².